The summed E-state index contributed by atoms with van der Waals surface area (Å²) in [5, 5.41) is 5.53. The number of carbonyl (C=O) groups is 2. The molecule has 35 heavy (non-hydrogen) atoms. The van der Waals surface area contributed by atoms with E-state index in [0.29, 0.717) is 24.3 Å². The summed E-state index contributed by atoms with van der Waals surface area (Å²) in [5.74, 6) is -0.0279. The largest absolute Gasteiger partial charge is 0.490 e. The molecule has 190 valence electrons. The summed E-state index contributed by atoms with van der Waals surface area (Å²) in [5.41, 5.74) is 1.14. The van der Waals surface area contributed by atoms with Crippen molar-refractivity contribution in [2.75, 3.05) is 19.8 Å². The van der Waals surface area contributed by atoms with Crippen LogP contribution in [0.4, 0.5) is 9.18 Å². The molecule has 8 nitrogen and oxygen atoms in total. The molecule has 0 aliphatic heterocycles. The first-order valence-corrected chi connectivity index (χ1v) is 14.0. The minimum absolute atomic E-state index is 0.00206. The molecule has 2 aromatic rings. The smallest absolute Gasteiger partial charge is 0.328 e. The Labute approximate surface area is 218 Å². The number of amides is 3. The van der Waals surface area contributed by atoms with E-state index in [9.17, 15) is 22.4 Å². The maximum atomic E-state index is 12.6. The van der Waals surface area contributed by atoms with Crippen molar-refractivity contribution in [3.8, 4) is 5.75 Å². The van der Waals surface area contributed by atoms with Crippen molar-refractivity contribution >= 4 is 44.6 Å². The zero-order valence-corrected chi connectivity index (χ0v) is 22.2. The van der Waals surface area contributed by atoms with Gasteiger partial charge in [-0.3, -0.25) is 4.79 Å². The molecule has 0 heterocycles. The molecular weight excluding hydrogens is 588 g/mol. The molecule has 1 aliphatic rings. The quantitative estimate of drug-likeness (QED) is 0.350. The highest BCUT2D eigenvalue weighted by Crippen LogP contribution is 2.21. The van der Waals surface area contributed by atoms with E-state index < -0.39 is 22.7 Å². The van der Waals surface area contributed by atoms with Gasteiger partial charge in [-0.2, -0.15) is 0 Å². The van der Waals surface area contributed by atoms with Gasteiger partial charge in [-0.05, 0) is 77.7 Å². The van der Waals surface area contributed by atoms with E-state index in [1.165, 1.54) is 12.1 Å². The van der Waals surface area contributed by atoms with Crippen LogP contribution in [-0.4, -0.2) is 46.2 Å². The topological polar surface area (TPSA) is 114 Å². The molecule has 3 rings (SSSR count). The van der Waals surface area contributed by atoms with Crippen molar-refractivity contribution < 1.29 is 27.1 Å². The third-order valence-electron chi connectivity index (χ3n) is 5.62. The molecule has 3 N–H and O–H groups in total. The summed E-state index contributed by atoms with van der Waals surface area (Å²) in [7, 11) is -3.99. The molecule has 0 bridgehead atoms. The average Bonchev–Trinajstić information content (AvgIpc) is 2.83. The minimum atomic E-state index is -3.99. The molecule has 1 aliphatic carbocycles. The van der Waals surface area contributed by atoms with Gasteiger partial charge >= 0.3 is 6.03 Å². The number of alkyl halides is 1. The van der Waals surface area contributed by atoms with E-state index in [2.05, 4.69) is 37.9 Å². The van der Waals surface area contributed by atoms with Crippen LogP contribution in [-0.2, 0) is 16.4 Å². The Morgan fingerprint density at radius 3 is 2.46 bits per heavy atom. The van der Waals surface area contributed by atoms with Crippen molar-refractivity contribution in [3.63, 3.8) is 0 Å². The highest BCUT2D eigenvalue weighted by atomic mass is 127. The number of halogens is 2. The molecule has 0 atom stereocenters. The zero-order chi connectivity index (χ0) is 25.3. The molecule has 0 radical (unpaired) electrons. The second kappa shape index (κ2) is 13.1. The van der Waals surface area contributed by atoms with Gasteiger partial charge in [0.1, 0.15) is 19.0 Å². The van der Waals surface area contributed by atoms with Crippen molar-refractivity contribution in [3.05, 3.63) is 57.2 Å². The number of benzene rings is 2. The van der Waals surface area contributed by atoms with Gasteiger partial charge in [-0.1, -0.05) is 31.4 Å². The Morgan fingerprint density at radius 2 is 1.77 bits per heavy atom. The third kappa shape index (κ3) is 8.34. The monoisotopic (exact) mass is 617 g/mol. The molecule has 1 fully saturated rings. The molecule has 2 aromatic carbocycles. The molecule has 0 aromatic heterocycles. The molecular formula is C24H29FIN3O5S. The summed E-state index contributed by atoms with van der Waals surface area (Å²) in [6.45, 7) is -0.478. The zero-order valence-electron chi connectivity index (χ0n) is 19.2. The fraction of sp³-hybridized carbons (Fsp3) is 0.417. The van der Waals surface area contributed by atoms with E-state index in [1.807, 2.05) is 0 Å². The highest BCUT2D eigenvalue weighted by Gasteiger charge is 2.21. The van der Waals surface area contributed by atoms with Crippen molar-refractivity contribution in [2.45, 2.75) is 49.5 Å². The maximum absolute atomic E-state index is 12.6. The number of nitrogens with one attached hydrogen (secondary N) is 3. The van der Waals surface area contributed by atoms with E-state index in [1.54, 1.807) is 30.3 Å². The summed E-state index contributed by atoms with van der Waals surface area (Å²) in [6.07, 6.45) is 5.36. The van der Waals surface area contributed by atoms with Crippen LogP contribution in [0.3, 0.4) is 0 Å². The lowest BCUT2D eigenvalue weighted by atomic mass is 9.96. The summed E-state index contributed by atoms with van der Waals surface area (Å²) >= 11 is 2.08. The predicted molar refractivity (Wildman–Crippen MR) is 139 cm³/mol. The standard InChI is InChI=1S/C24H29FIN3O5S/c25-13-15-34-22-11-8-18(26)16-21(22)23(30)27-14-12-17-6-9-20(10-7-17)35(32,33)29-24(31)28-19-4-2-1-3-5-19/h6-11,16,19H,1-5,12-15H2,(H,27,30)(H2,28,29,31). The third-order valence-corrected chi connectivity index (χ3v) is 7.64. The summed E-state index contributed by atoms with van der Waals surface area (Å²) in [6, 6.07) is 10.5. The van der Waals surface area contributed by atoms with Crippen molar-refractivity contribution in [1.82, 2.24) is 15.4 Å². The van der Waals surface area contributed by atoms with Crippen LogP contribution in [0.5, 0.6) is 5.75 Å². The van der Waals surface area contributed by atoms with Crippen LogP contribution in [0.25, 0.3) is 0 Å². The Kier molecular flexibility index (Phi) is 10.1. The van der Waals surface area contributed by atoms with Crippen molar-refractivity contribution in [1.29, 1.82) is 0 Å². The van der Waals surface area contributed by atoms with Crippen molar-refractivity contribution in [2.24, 2.45) is 0 Å². The lowest BCUT2D eigenvalue weighted by molar-refractivity contribution is 0.0949. The SMILES string of the molecule is O=C(NC1CCCCC1)NS(=O)(=O)c1ccc(CCNC(=O)c2cc(I)ccc2OCCF)cc1. The van der Waals surface area contributed by atoms with Crippen LogP contribution in [0.1, 0.15) is 48.0 Å². The number of hydrogen-bond acceptors (Lipinski definition) is 5. The number of carbonyl (C=O) groups excluding carboxylic acids is 2. The van der Waals surface area contributed by atoms with Gasteiger partial charge in [0.2, 0.25) is 0 Å². The van der Waals surface area contributed by atoms with Gasteiger partial charge in [0.05, 0.1) is 10.5 Å². The van der Waals surface area contributed by atoms with E-state index in [0.717, 1.165) is 41.2 Å². The lowest BCUT2D eigenvalue weighted by Crippen LogP contribution is -2.45. The number of rotatable bonds is 10. The average molecular weight is 617 g/mol. The van der Waals surface area contributed by atoms with Crippen LogP contribution in [0.2, 0.25) is 0 Å². The molecule has 0 unspecified atom stereocenters. The highest BCUT2D eigenvalue weighted by molar-refractivity contribution is 14.1. The van der Waals surface area contributed by atoms with Crippen LogP contribution in [0.15, 0.2) is 47.4 Å². The first kappa shape index (κ1) is 27.2. The Hall–Kier alpha value is -2.41. The van der Waals surface area contributed by atoms with Gasteiger partial charge in [0, 0.05) is 16.2 Å². The van der Waals surface area contributed by atoms with E-state index >= 15 is 0 Å². The molecule has 3 amide bonds. The Bertz CT molecular complexity index is 1120. The Balaban J connectivity index is 1.51. The first-order chi connectivity index (χ1) is 16.8. The number of hydrogen-bond donors (Lipinski definition) is 3. The van der Waals surface area contributed by atoms with E-state index in [-0.39, 0.29) is 23.5 Å². The fourth-order valence-electron chi connectivity index (χ4n) is 3.85. The van der Waals surface area contributed by atoms with Gasteiger partial charge in [-0.15, -0.1) is 0 Å². The number of sulfonamides is 1. The Morgan fingerprint density at radius 1 is 1.06 bits per heavy atom. The normalized spacial score (nSPS) is 14.2. The second-order valence-corrected chi connectivity index (χ2v) is 11.2. The van der Waals surface area contributed by atoms with Crippen LogP contribution >= 0.6 is 22.6 Å². The maximum Gasteiger partial charge on any atom is 0.328 e. The number of ether oxygens (including phenoxy) is 1. The number of urea groups is 1. The second-order valence-electron chi connectivity index (χ2n) is 8.24. The minimum Gasteiger partial charge on any atom is -0.490 e. The van der Waals surface area contributed by atoms with Gasteiger partial charge in [0.15, 0.2) is 0 Å². The van der Waals surface area contributed by atoms with Crippen LogP contribution < -0.4 is 20.1 Å². The molecule has 1 saturated carbocycles. The van der Waals surface area contributed by atoms with Gasteiger partial charge in [0.25, 0.3) is 15.9 Å². The van der Waals surface area contributed by atoms with E-state index in [4.69, 9.17) is 4.74 Å². The van der Waals surface area contributed by atoms with Crippen LogP contribution in [0, 0.1) is 3.57 Å². The predicted octanol–water partition coefficient (Wildman–Crippen LogP) is 3.93. The fourth-order valence-corrected chi connectivity index (χ4v) is 5.25. The van der Waals surface area contributed by atoms with Gasteiger partial charge < -0.3 is 15.4 Å². The summed E-state index contributed by atoms with van der Waals surface area (Å²) < 4.78 is 45.7. The molecule has 0 spiro atoms. The molecule has 0 saturated heterocycles. The van der Waals surface area contributed by atoms with Gasteiger partial charge in [-0.25, -0.2) is 22.3 Å². The first-order valence-electron chi connectivity index (χ1n) is 11.5. The molecule has 11 heteroatoms. The lowest BCUT2D eigenvalue weighted by Gasteiger charge is -2.22. The summed E-state index contributed by atoms with van der Waals surface area (Å²) in [4.78, 5) is 24.7.